The van der Waals surface area contributed by atoms with Crippen molar-refractivity contribution in [3.05, 3.63) is 34.4 Å². The highest BCUT2D eigenvalue weighted by atomic mass is 35.5. The van der Waals surface area contributed by atoms with Crippen molar-refractivity contribution in [2.24, 2.45) is 0 Å². The second kappa shape index (κ2) is 12.7. The van der Waals surface area contributed by atoms with E-state index in [0.717, 1.165) is 36.8 Å². The van der Waals surface area contributed by atoms with Gasteiger partial charge in [-0.25, -0.2) is 13.2 Å². The molecular weight excluding hydrogens is 671 g/mol. The van der Waals surface area contributed by atoms with Crippen LogP contribution in [0.2, 0.25) is 5.02 Å². The zero-order chi connectivity index (χ0) is 33.7. The third-order valence-electron chi connectivity index (χ3n) is 9.48. The lowest BCUT2D eigenvalue weighted by Gasteiger charge is -2.32. The van der Waals surface area contributed by atoms with Crippen LogP contribution in [-0.4, -0.2) is 92.1 Å². The number of rotatable bonds is 10. The van der Waals surface area contributed by atoms with Crippen LogP contribution in [0.25, 0.3) is 32.1 Å². The minimum Gasteiger partial charge on any atom is -0.489 e. The molecule has 252 valence electrons. The first kappa shape index (κ1) is 32.4. The molecular formula is C32H31ClF3N7O4S. The minimum atomic E-state index is -0.981. The highest BCUT2D eigenvalue weighted by Crippen LogP contribution is 2.51. The Hall–Kier alpha value is -4.10. The van der Waals surface area contributed by atoms with Crippen LogP contribution in [-0.2, 0) is 9.53 Å². The Bertz CT molecular complexity index is 1980. The lowest BCUT2D eigenvalue weighted by Crippen LogP contribution is -2.47. The molecule has 3 aliphatic rings. The summed E-state index contributed by atoms with van der Waals surface area (Å²) < 4.78 is 64.6. The molecule has 2 saturated heterocycles. The number of nitrogens with zero attached hydrogens (tertiary/aromatic N) is 5. The van der Waals surface area contributed by atoms with Gasteiger partial charge in [0, 0.05) is 44.1 Å². The molecule has 0 unspecified atom stereocenters. The summed E-state index contributed by atoms with van der Waals surface area (Å²) in [7, 11) is 1.54. The number of halogens is 4. The van der Waals surface area contributed by atoms with Crippen LogP contribution in [0.5, 0.6) is 11.8 Å². The van der Waals surface area contributed by atoms with Gasteiger partial charge in [0.15, 0.2) is 11.6 Å². The first-order chi connectivity index (χ1) is 23.2. The molecule has 0 radical (unpaired) electrons. The van der Waals surface area contributed by atoms with E-state index in [1.807, 2.05) is 11.0 Å². The first-order valence-corrected chi connectivity index (χ1v) is 16.6. The molecule has 0 saturated carbocycles. The molecule has 0 bridgehead atoms. The van der Waals surface area contributed by atoms with Gasteiger partial charge in [-0.1, -0.05) is 17.7 Å². The largest absolute Gasteiger partial charge is 0.489 e. The van der Waals surface area contributed by atoms with Crippen LogP contribution in [0.4, 0.5) is 24.0 Å². The summed E-state index contributed by atoms with van der Waals surface area (Å²) in [6, 6.07) is 3.86. The van der Waals surface area contributed by atoms with Gasteiger partial charge in [-0.15, -0.1) is 11.3 Å². The van der Waals surface area contributed by atoms with E-state index in [9.17, 15) is 18.8 Å². The quantitative estimate of drug-likeness (QED) is 0.222. The summed E-state index contributed by atoms with van der Waals surface area (Å²) >= 11 is 7.88. The number of carbonyl (C=O) groups is 1. The molecule has 48 heavy (non-hydrogen) atoms. The molecule has 4 aromatic rings. The highest BCUT2D eigenvalue weighted by Gasteiger charge is 2.49. The van der Waals surface area contributed by atoms with Gasteiger partial charge in [-0.3, -0.25) is 9.69 Å². The van der Waals surface area contributed by atoms with Crippen molar-refractivity contribution in [3.63, 3.8) is 0 Å². The number of hydrogen-bond donors (Lipinski definition) is 2. The second-order valence-corrected chi connectivity index (χ2v) is 13.6. The van der Waals surface area contributed by atoms with Gasteiger partial charge < -0.3 is 30.2 Å². The third-order valence-corrected chi connectivity index (χ3v) is 10.9. The Balaban J connectivity index is 1.46. The smallest absolute Gasteiger partial charge is 0.319 e. The van der Waals surface area contributed by atoms with Gasteiger partial charge in [0.05, 0.1) is 38.9 Å². The summed E-state index contributed by atoms with van der Waals surface area (Å²) in [5.41, 5.74) is 5.32. The topological polar surface area (TPSA) is 139 Å². The number of fused-ring (bicyclic) bond motifs is 2. The monoisotopic (exact) mass is 701 g/mol. The number of methoxy groups -OCH3 is 1. The Morgan fingerprint density at radius 1 is 1.33 bits per heavy atom. The van der Waals surface area contributed by atoms with E-state index in [-0.39, 0.29) is 98.2 Å². The number of nitrogens with one attached hydrogen (secondary N) is 1. The predicted octanol–water partition coefficient (Wildman–Crippen LogP) is 4.81. The van der Waals surface area contributed by atoms with Crippen LogP contribution in [0.15, 0.2) is 12.1 Å². The fourth-order valence-corrected chi connectivity index (χ4v) is 8.59. The maximum absolute atomic E-state index is 17.2. The van der Waals surface area contributed by atoms with Crippen LogP contribution in [0.1, 0.15) is 24.8 Å². The van der Waals surface area contributed by atoms with E-state index < -0.39 is 29.4 Å². The number of nitrogens with two attached hydrogens (primary N) is 1. The average Bonchev–Trinajstić information content (AvgIpc) is 3.68. The van der Waals surface area contributed by atoms with Crippen molar-refractivity contribution in [1.82, 2.24) is 20.2 Å². The van der Waals surface area contributed by atoms with Gasteiger partial charge in [-0.2, -0.15) is 15.2 Å². The van der Waals surface area contributed by atoms with Crippen molar-refractivity contribution in [1.29, 1.82) is 5.26 Å². The molecule has 0 spiro atoms. The van der Waals surface area contributed by atoms with Crippen LogP contribution < -0.4 is 25.4 Å². The third kappa shape index (κ3) is 5.22. The van der Waals surface area contributed by atoms with Crippen molar-refractivity contribution in [3.8, 4) is 29.0 Å². The lowest BCUT2D eigenvalue weighted by atomic mass is 9.95. The number of alkyl halides is 1. The maximum atomic E-state index is 17.2. The number of thiophene rings is 1. The van der Waals surface area contributed by atoms with E-state index in [0.29, 0.717) is 19.4 Å². The van der Waals surface area contributed by atoms with E-state index in [1.54, 1.807) is 0 Å². The van der Waals surface area contributed by atoms with E-state index in [1.165, 1.54) is 13.2 Å². The normalized spacial score (nSPS) is 22.0. The SMILES string of the molecule is COCCN1c2nc(OC[C@@]34CCCN3C[C@H](F)C4)nc3c(F)c(-c4ccc(F)c5sc(N)c(C#N)c45)c(Cl)c(c23)OC[C@@H]1CNC=O. The number of nitriles is 1. The average molecular weight is 702 g/mol. The number of benzene rings is 2. The highest BCUT2D eigenvalue weighted by molar-refractivity contribution is 7.23. The van der Waals surface area contributed by atoms with Crippen LogP contribution >= 0.6 is 22.9 Å². The summed E-state index contributed by atoms with van der Waals surface area (Å²) in [5, 5.41) is 12.8. The van der Waals surface area contributed by atoms with Gasteiger partial charge in [0.1, 0.15) is 47.6 Å². The molecule has 7 rings (SSSR count). The number of anilines is 2. The van der Waals surface area contributed by atoms with Gasteiger partial charge in [-0.05, 0) is 31.0 Å². The van der Waals surface area contributed by atoms with E-state index >= 15 is 4.39 Å². The Morgan fingerprint density at radius 2 is 2.17 bits per heavy atom. The summed E-state index contributed by atoms with van der Waals surface area (Å²) in [4.78, 5) is 24.5. The molecule has 3 aliphatic heterocycles. The number of aromatic nitrogens is 2. The van der Waals surface area contributed by atoms with E-state index in [2.05, 4.69) is 15.2 Å². The predicted molar refractivity (Wildman–Crippen MR) is 176 cm³/mol. The fraction of sp³-hybridized carbons (Fsp3) is 0.438. The Kier molecular flexibility index (Phi) is 8.61. The van der Waals surface area contributed by atoms with E-state index in [4.69, 9.17) is 36.5 Å². The van der Waals surface area contributed by atoms with Crippen LogP contribution in [0, 0.1) is 23.0 Å². The Labute approximate surface area is 282 Å². The molecule has 2 aromatic heterocycles. The molecule has 2 fully saturated rings. The summed E-state index contributed by atoms with van der Waals surface area (Å²) in [6.45, 7) is 1.84. The number of nitrogen functional groups attached to an aromatic ring is 1. The van der Waals surface area contributed by atoms with Crippen molar-refractivity contribution >= 4 is 61.2 Å². The zero-order valence-electron chi connectivity index (χ0n) is 25.8. The lowest BCUT2D eigenvalue weighted by molar-refractivity contribution is -0.109. The first-order valence-electron chi connectivity index (χ1n) is 15.4. The molecule has 3 atom stereocenters. The minimum absolute atomic E-state index is 0.000625. The van der Waals surface area contributed by atoms with Crippen LogP contribution in [0.3, 0.4) is 0 Å². The molecule has 5 heterocycles. The number of hydrogen-bond acceptors (Lipinski definition) is 11. The summed E-state index contributed by atoms with van der Waals surface area (Å²) in [6.07, 6.45) is 1.53. The van der Waals surface area contributed by atoms with Gasteiger partial charge in [0.2, 0.25) is 6.41 Å². The second-order valence-electron chi connectivity index (χ2n) is 12.2. The summed E-state index contributed by atoms with van der Waals surface area (Å²) in [5.74, 6) is -1.20. The Morgan fingerprint density at radius 3 is 2.94 bits per heavy atom. The van der Waals surface area contributed by atoms with Gasteiger partial charge in [0.25, 0.3) is 0 Å². The van der Waals surface area contributed by atoms with Crippen molar-refractivity contribution in [2.75, 3.05) is 63.7 Å². The van der Waals surface area contributed by atoms with Crippen molar-refractivity contribution < 1.29 is 32.2 Å². The van der Waals surface area contributed by atoms with Crippen molar-refractivity contribution in [2.45, 2.75) is 37.0 Å². The van der Waals surface area contributed by atoms with Gasteiger partial charge >= 0.3 is 6.01 Å². The zero-order valence-corrected chi connectivity index (χ0v) is 27.4. The molecule has 3 N–H and O–H groups in total. The number of ether oxygens (including phenoxy) is 3. The maximum Gasteiger partial charge on any atom is 0.319 e. The number of amides is 1. The molecule has 1 amide bonds. The molecule has 0 aliphatic carbocycles. The standard InChI is InChI=1S/C32H31ClF3N7O4S/c1-45-8-7-43-17(11-39-15-44)13-46-27-23-26(40-31(41-30(23)43)47-14-32-5-2-6-42(32)12-16(34)9-32)25(36)22(24(27)33)18-3-4-20(35)28-21(18)19(10-37)29(38)48-28/h3-4,15-17H,2,5-9,11-14,38H2,1H3,(H,39,44)/t16-,17+,32+/m1/s1. The fourth-order valence-electron chi connectivity index (χ4n) is 7.31. The molecule has 11 nitrogen and oxygen atoms in total. The molecule has 16 heteroatoms. The molecule has 2 aromatic carbocycles. The number of carbonyl (C=O) groups excluding carboxylic acids is 1.